The van der Waals surface area contributed by atoms with Crippen LogP contribution in [0.25, 0.3) is 0 Å². The minimum absolute atomic E-state index is 0.0789. The van der Waals surface area contributed by atoms with Crippen LogP contribution in [0.5, 0.6) is 5.75 Å². The quantitative estimate of drug-likeness (QED) is 0.775. The highest BCUT2D eigenvalue weighted by atomic mass is 35.7. The molecule has 0 heterocycles. The van der Waals surface area contributed by atoms with Crippen LogP contribution in [-0.4, -0.2) is 15.5 Å². The standard InChI is InChI=1S/C9H10ClFO3S/c1-6-3-7(5-15(10,12)13)9(14-2)8(11)4-6/h3-4H,5H2,1-2H3. The lowest BCUT2D eigenvalue weighted by molar-refractivity contribution is 0.382. The van der Waals surface area contributed by atoms with Crippen molar-refractivity contribution in [2.75, 3.05) is 7.11 Å². The van der Waals surface area contributed by atoms with Crippen LogP contribution >= 0.6 is 10.7 Å². The Bertz CT molecular complexity index is 470. The van der Waals surface area contributed by atoms with Crippen molar-refractivity contribution in [2.45, 2.75) is 12.7 Å². The zero-order valence-electron chi connectivity index (χ0n) is 8.25. The summed E-state index contributed by atoms with van der Waals surface area (Å²) in [4.78, 5) is 0. The first kappa shape index (κ1) is 12.3. The van der Waals surface area contributed by atoms with Gasteiger partial charge < -0.3 is 4.74 Å². The van der Waals surface area contributed by atoms with Crippen LogP contribution in [0.2, 0.25) is 0 Å². The molecule has 0 aliphatic rings. The van der Waals surface area contributed by atoms with E-state index in [0.717, 1.165) is 0 Å². The molecule has 0 unspecified atom stereocenters. The molecule has 0 saturated heterocycles. The van der Waals surface area contributed by atoms with Gasteiger partial charge in [0, 0.05) is 16.2 Å². The molecule has 1 aromatic carbocycles. The molecule has 0 amide bonds. The Labute approximate surface area is 92.2 Å². The summed E-state index contributed by atoms with van der Waals surface area (Å²) in [5.74, 6) is -1.12. The number of benzene rings is 1. The monoisotopic (exact) mass is 252 g/mol. The third-order valence-electron chi connectivity index (χ3n) is 1.80. The summed E-state index contributed by atoms with van der Waals surface area (Å²) in [5.41, 5.74) is 0.841. The zero-order valence-corrected chi connectivity index (χ0v) is 9.82. The second kappa shape index (κ2) is 4.37. The molecule has 0 aliphatic carbocycles. The maximum absolute atomic E-state index is 13.3. The number of rotatable bonds is 3. The maximum Gasteiger partial charge on any atom is 0.236 e. The van der Waals surface area contributed by atoms with Gasteiger partial charge in [-0.25, -0.2) is 12.8 Å². The predicted molar refractivity (Wildman–Crippen MR) is 56.2 cm³/mol. The average Bonchev–Trinajstić information content (AvgIpc) is 1.99. The summed E-state index contributed by atoms with van der Waals surface area (Å²) in [6.45, 7) is 1.66. The van der Waals surface area contributed by atoms with Crippen molar-refractivity contribution in [2.24, 2.45) is 0 Å². The SMILES string of the molecule is COc1c(F)cc(C)cc1CS(=O)(=O)Cl. The largest absolute Gasteiger partial charge is 0.493 e. The molecule has 0 N–H and O–H groups in total. The number of ether oxygens (including phenoxy) is 1. The first-order valence-corrected chi connectivity index (χ1v) is 6.56. The molecule has 0 spiro atoms. The van der Waals surface area contributed by atoms with Gasteiger partial charge in [0.25, 0.3) is 0 Å². The number of halogens is 2. The molecule has 1 aromatic rings. The van der Waals surface area contributed by atoms with Crippen LogP contribution in [-0.2, 0) is 14.8 Å². The Balaban J connectivity index is 3.27. The fourth-order valence-corrected chi connectivity index (χ4v) is 2.26. The lowest BCUT2D eigenvalue weighted by Crippen LogP contribution is -2.01. The molecule has 0 atom stereocenters. The van der Waals surface area contributed by atoms with E-state index in [-0.39, 0.29) is 11.3 Å². The Hall–Kier alpha value is -0.810. The third kappa shape index (κ3) is 3.35. The van der Waals surface area contributed by atoms with Gasteiger partial charge in [-0.1, -0.05) is 6.07 Å². The van der Waals surface area contributed by atoms with Crippen molar-refractivity contribution in [3.63, 3.8) is 0 Å². The summed E-state index contributed by atoms with van der Waals surface area (Å²) in [5, 5.41) is 0. The second-order valence-corrected chi connectivity index (χ2v) is 5.90. The van der Waals surface area contributed by atoms with Gasteiger partial charge in [0.15, 0.2) is 11.6 Å². The summed E-state index contributed by atoms with van der Waals surface area (Å²) >= 11 is 0. The van der Waals surface area contributed by atoms with E-state index in [4.69, 9.17) is 15.4 Å². The van der Waals surface area contributed by atoms with E-state index >= 15 is 0 Å². The topological polar surface area (TPSA) is 43.4 Å². The number of methoxy groups -OCH3 is 1. The first-order chi connectivity index (χ1) is 6.83. The van der Waals surface area contributed by atoms with Crippen LogP contribution < -0.4 is 4.74 Å². The van der Waals surface area contributed by atoms with Gasteiger partial charge in [-0.15, -0.1) is 0 Å². The Kier molecular flexibility index (Phi) is 3.57. The van der Waals surface area contributed by atoms with Gasteiger partial charge in [0.2, 0.25) is 9.05 Å². The summed E-state index contributed by atoms with van der Waals surface area (Å²) in [6.07, 6.45) is 0. The highest BCUT2D eigenvalue weighted by Gasteiger charge is 2.15. The van der Waals surface area contributed by atoms with Crippen LogP contribution in [0.3, 0.4) is 0 Å². The van der Waals surface area contributed by atoms with Crippen LogP contribution in [0, 0.1) is 12.7 Å². The molecule has 15 heavy (non-hydrogen) atoms. The van der Waals surface area contributed by atoms with Crippen molar-refractivity contribution in [3.8, 4) is 5.75 Å². The fourth-order valence-electron chi connectivity index (χ4n) is 1.32. The normalized spacial score (nSPS) is 11.5. The van der Waals surface area contributed by atoms with Crippen molar-refractivity contribution in [3.05, 3.63) is 29.1 Å². The van der Waals surface area contributed by atoms with Gasteiger partial charge in [-0.05, 0) is 18.6 Å². The molecule has 0 aliphatic heterocycles. The first-order valence-electron chi connectivity index (χ1n) is 4.09. The fraction of sp³-hybridized carbons (Fsp3) is 0.333. The highest BCUT2D eigenvalue weighted by molar-refractivity contribution is 8.13. The van der Waals surface area contributed by atoms with Gasteiger partial charge in [0.05, 0.1) is 12.9 Å². The van der Waals surface area contributed by atoms with Crippen molar-refractivity contribution < 1.29 is 17.5 Å². The summed E-state index contributed by atoms with van der Waals surface area (Å²) in [7, 11) is 2.65. The lowest BCUT2D eigenvalue weighted by Gasteiger charge is -2.09. The molecule has 1 rings (SSSR count). The third-order valence-corrected chi connectivity index (χ3v) is 2.78. The Morgan fingerprint density at radius 1 is 1.47 bits per heavy atom. The molecule has 0 radical (unpaired) electrons. The van der Waals surface area contributed by atoms with E-state index in [2.05, 4.69) is 0 Å². The lowest BCUT2D eigenvalue weighted by atomic mass is 10.1. The molecule has 0 bridgehead atoms. The van der Waals surface area contributed by atoms with Crippen LogP contribution in [0.15, 0.2) is 12.1 Å². The molecule has 0 fully saturated rings. The highest BCUT2D eigenvalue weighted by Crippen LogP contribution is 2.26. The molecule has 84 valence electrons. The van der Waals surface area contributed by atoms with E-state index in [9.17, 15) is 12.8 Å². The predicted octanol–water partition coefficient (Wildman–Crippen LogP) is 2.21. The van der Waals surface area contributed by atoms with E-state index in [0.29, 0.717) is 5.56 Å². The number of hydrogen-bond donors (Lipinski definition) is 0. The number of aryl methyl sites for hydroxylation is 1. The molecule has 0 saturated carbocycles. The minimum atomic E-state index is -3.72. The second-order valence-electron chi connectivity index (χ2n) is 3.12. The van der Waals surface area contributed by atoms with Crippen LogP contribution in [0.4, 0.5) is 4.39 Å². The van der Waals surface area contributed by atoms with Crippen molar-refractivity contribution in [1.82, 2.24) is 0 Å². The molecular formula is C9H10ClFO3S. The maximum atomic E-state index is 13.3. The van der Waals surface area contributed by atoms with E-state index in [1.165, 1.54) is 19.2 Å². The summed E-state index contributed by atoms with van der Waals surface area (Å²) < 4.78 is 39.9. The van der Waals surface area contributed by atoms with E-state index in [1.807, 2.05) is 0 Å². The Morgan fingerprint density at radius 3 is 2.53 bits per heavy atom. The smallest absolute Gasteiger partial charge is 0.236 e. The van der Waals surface area contributed by atoms with Gasteiger partial charge in [-0.3, -0.25) is 0 Å². The summed E-state index contributed by atoms with van der Waals surface area (Å²) in [6, 6.07) is 2.80. The zero-order chi connectivity index (χ0) is 11.6. The minimum Gasteiger partial charge on any atom is -0.493 e. The van der Waals surface area contributed by atoms with Crippen molar-refractivity contribution in [1.29, 1.82) is 0 Å². The van der Waals surface area contributed by atoms with E-state index < -0.39 is 20.6 Å². The molecule has 0 aromatic heterocycles. The number of hydrogen-bond acceptors (Lipinski definition) is 3. The van der Waals surface area contributed by atoms with Gasteiger partial charge >= 0.3 is 0 Å². The molecule has 6 heteroatoms. The van der Waals surface area contributed by atoms with Crippen molar-refractivity contribution >= 4 is 19.7 Å². The molecular weight excluding hydrogens is 243 g/mol. The average molecular weight is 253 g/mol. The van der Waals surface area contributed by atoms with Crippen LogP contribution in [0.1, 0.15) is 11.1 Å². The molecule has 3 nitrogen and oxygen atoms in total. The van der Waals surface area contributed by atoms with Gasteiger partial charge in [-0.2, -0.15) is 0 Å². The van der Waals surface area contributed by atoms with E-state index in [1.54, 1.807) is 6.92 Å². The van der Waals surface area contributed by atoms with Gasteiger partial charge in [0.1, 0.15) is 0 Å². The Morgan fingerprint density at radius 2 is 2.07 bits per heavy atom.